The second kappa shape index (κ2) is 9.31. The Morgan fingerprint density at radius 1 is 1.22 bits per heavy atom. The van der Waals surface area contributed by atoms with Crippen LogP contribution < -0.4 is 0 Å². The van der Waals surface area contributed by atoms with Gasteiger partial charge in [0.1, 0.15) is 5.82 Å². The van der Waals surface area contributed by atoms with Crippen molar-refractivity contribution in [1.82, 2.24) is 9.80 Å². The number of hydrogen-bond donors (Lipinski definition) is 0. The summed E-state index contributed by atoms with van der Waals surface area (Å²) in [4.78, 5) is 29.0. The highest BCUT2D eigenvalue weighted by molar-refractivity contribution is 5.85. The van der Waals surface area contributed by atoms with Crippen molar-refractivity contribution in [3.8, 4) is 0 Å². The third-order valence-corrected chi connectivity index (χ3v) is 5.51. The predicted octanol–water partition coefficient (Wildman–Crippen LogP) is 2.95. The molecule has 0 aliphatic carbocycles. The van der Waals surface area contributed by atoms with Gasteiger partial charge >= 0.3 is 0 Å². The van der Waals surface area contributed by atoms with Crippen molar-refractivity contribution in [3.05, 3.63) is 35.6 Å². The maximum Gasteiger partial charge on any atom is 0.242 e. The van der Waals surface area contributed by atoms with E-state index in [-0.39, 0.29) is 36.2 Å². The summed E-state index contributed by atoms with van der Waals surface area (Å²) in [6, 6.07) is 6.26. The van der Waals surface area contributed by atoms with Crippen molar-refractivity contribution in [2.45, 2.75) is 51.0 Å². The van der Waals surface area contributed by atoms with Gasteiger partial charge < -0.3 is 14.5 Å². The van der Waals surface area contributed by atoms with Gasteiger partial charge in [-0.3, -0.25) is 9.59 Å². The van der Waals surface area contributed by atoms with E-state index in [0.717, 1.165) is 50.9 Å². The number of halogens is 1. The number of likely N-dealkylation sites (tertiary alicyclic amines) is 1. The SMILES string of the molecule is CC(CC(=O)N(CC(=O)N1CCCC1)CC1CCCO1)c1ccc(F)cc1. The summed E-state index contributed by atoms with van der Waals surface area (Å²) in [6.45, 7) is 4.83. The second-order valence-electron chi connectivity index (χ2n) is 7.65. The molecule has 5 nitrogen and oxygen atoms in total. The van der Waals surface area contributed by atoms with Gasteiger partial charge in [-0.05, 0) is 49.3 Å². The number of ether oxygens (including phenoxy) is 1. The zero-order valence-electron chi connectivity index (χ0n) is 16.0. The number of carbonyl (C=O) groups is 2. The van der Waals surface area contributed by atoms with Gasteiger partial charge in [0.05, 0.1) is 12.6 Å². The first-order chi connectivity index (χ1) is 13.0. The van der Waals surface area contributed by atoms with Crippen LogP contribution in [0.4, 0.5) is 4.39 Å². The zero-order chi connectivity index (χ0) is 19.2. The molecule has 0 bridgehead atoms. The van der Waals surface area contributed by atoms with E-state index in [1.54, 1.807) is 17.0 Å². The molecule has 2 atom stereocenters. The van der Waals surface area contributed by atoms with E-state index in [9.17, 15) is 14.0 Å². The van der Waals surface area contributed by atoms with Crippen molar-refractivity contribution in [2.75, 3.05) is 32.8 Å². The predicted molar refractivity (Wildman–Crippen MR) is 101 cm³/mol. The molecular formula is C21H29FN2O3. The van der Waals surface area contributed by atoms with Crippen LogP contribution in [0.1, 0.15) is 50.5 Å². The first-order valence-corrected chi connectivity index (χ1v) is 9.95. The van der Waals surface area contributed by atoms with Crippen molar-refractivity contribution in [2.24, 2.45) is 0 Å². The normalized spacial score (nSPS) is 20.7. The molecule has 2 aliphatic heterocycles. The number of rotatable bonds is 7. The Kier molecular flexibility index (Phi) is 6.83. The smallest absolute Gasteiger partial charge is 0.242 e. The summed E-state index contributed by atoms with van der Waals surface area (Å²) < 4.78 is 18.8. The van der Waals surface area contributed by atoms with E-state index >= 15 is 0 Å². The molecule has 27 heavy (non-hydrogen) atoms. The number of nitrogens with zero attached hydrogens (tertiary/aromatic N) is 2. The molecule has 2 amide bonds. The van der Waals surface area contributed by atoms with Crippen LogP contribution in [0.5, 0.6) is 0 Å². The molecule has 0 saturated carbocycles. The van der Waals surface area contributed by atoms with Crippen LogP contribution in [0.15, 0.2) is 24.3 Å². The molecule has 148 valence electrons. The Labute approximate surface area is 160 Å². The lowest BCUT2D eigenvalue weighted by Crippen LogP contribution is -2.45. The van der Waals surface area contributed by atoms with Crippen LogP contribution in [-0.2, 0) is 14.3 Å². The van der Waals surface area contributed by atoms with Crippen LogP contribution in [0, 0.1) is 5.82 Å². The number of carbonyl (C=O) groups excluding carboxylic acids is 2. The molecule has 0 N–H and O–H groups in total. The largest absolute Gasteiger partial charge is 0.376 e. The van der Waals surface area contributed by atoms with Crippen molar-refractivity contribution >= 4 is 11.8 Å². The highest BCUT2D eigenvalue weighted by Gasteiger charge is 2.28. The fourth-order valence-electron chi connectivity index (χ4n) is 3.82. The maximum absolute atomic E-state index is 13.1. The number of amides is 2. The summed E-state index contributed by atoms with van der Waals surface area (Å²) >= 11 is 0. The molecule has 2 aliphatic rings. The van der Waals surface area contributed by atoms with Gasteiger partial charge in [0.2, 0.25) is 11.8 Å². The fourth-order valence-corrected chi connectivity index (χ4v) is 3.82. The van der Waals surface area contributed by atoms with Gasteiger partial charge in [0, 0.05) is 32.7 Å². The molecule has 2 saturated heterocycles. The molecule has 0 radical (unpaired) electrons. The van der Waals surface area contributed by atoms with Gasteiger partial charge in [0.15, 0.2) is 0 Å². The van der Waals surface area contributed by atoms with Crippen LogP contribution in [-0.4, -0.2) is 60.5 Å². The minimum Gasteiger partial charge on any atom is -0.376 e. The van der Waals surface area contributed by atoms with E-state index in [0.29, 0.717) is 13.0 Å². The molecule has 2 fully saturated rings. The fraction of sp³-hybridized carbons (Fsp3) is 0.619. The Bertz CT molecular complexity index is 637. The van der Waals surface area contributed by atoms with Gasteiger partial charge in [0.25, 0.3) is 0 Å². The van der Waals surface area contributed by atoms with E-state index < -0.39 is 0 Å². The third-order valence-electron chi connectivity index (χ3n) is 5.51. The summed E-state index contributed by atoms with van der Waals surface area (Å²) in [5.74, 6) is -0.344. The molecule has 0 spiro atoms. The molecular weight excluding hydrogens is 347 g/mol. The highest BCUT2D eigenvalue weighted by atomic mass is 19.1. The lowest BCUT2D eigenvalue weighted by Gasteiger charge is -2.28. The summed E-state index contributed by atoms with van der Waals surface area (Å²) in [6.07, 6.45) is 4.31. The summed E-state index contributed by atoms with van der Waals surface area (Å²) in [5.41, 5.74) is 0.924. The van der Waals surface area contributed by atoms with Crippen LogP contribution >= 0.6 is 0 Å². The first kappa shape index (κ1) is 19.8. The Balaban J connectivity index is 1.63. The standard InChI is InChI=1S/C21H29FN2O3/c1-16(17-6-8-18(22)9-7-17)13-20(25)24(14-19-5-4-12-27-19)15-21(26)23-10-2-3-11-23/h6-9,16,19H,2-5,10-15H2,1H3. The monoisotopic (exact) mass is 376 g/mol. The second-order valence-corrected chi connectivity index (χ2v) is 7.65. The first-order valence-electron chi connectivity index (χ1n) is 9.95. The molecule has 1 aromatic rings. The number of benzene rings is 1. The Hall–Kier alpha value is -1.95. The van der Waals surface area contributed by atoms with Crippen LogP contribution in [0.25, 0.3) is 0 Å². The minimum absolute atomic E-state index is 0.0152. The summed E-state index contributed by atoms with van der Waals surface area (Å²) in [5, 5.41) is 0. The lowest BCUT2D eigenvalue weighted by molar-refractivity contribution is -0.141. The molecule has 1 aromatic carbocycles. The van der Waals surface area contributed by atoms with E-state index in [1.807, 2.05) is 11.8 Å². The van der Waals surface area contributed by atoms with Gasteiger partial charge in [-0.15, -0.1) is 0 Å². The lowest BCUT2D eigenvalue weighted by atomic mass is 9.97. The molecule has 3 rings (SSSR count). The minimum atomic E-state index is -0.284. The van der Waals surface area contributed by atoms with Crippen molar-refractivity contribution in [3.63, 3.8) is 0 Å². The van der Waals surface area contributed by atoms with E-state index in [1.165, 1.54) is 12.1 Å². The average molecular weight is 376 g/mol. The Morgan fingerprint density at radius 3 is 2.56 bits per heavy atom. The molecule has 0 aromatic heterocycles. The Morgan fingerprint density at radius 2 is 1.93 bits per heavy atom. The quantitative estimate of drug-likeness (QED) is 0.735. The van der Waals surface area contributed by atoms with Crippen molar-refractivity contribution in [1.29, 1.82) is 0 Å². The number of hydrogen-bond acceptors (Lipinski definition) is 3. The van der Waals surface area contributed by atoms with Crippen LogP contribution in [0.2, 0.25) is 0 Å². The van der Waals surface area contributed by atoms with Crippen LogP contribution in [0.3, 0.4) is 0 Å². The summed E-state index contributed by atoms with van der Waals surface area (Å²) in [7, 11) is 0. The van der Waals surface area contributed by atoms with Gasteiger partial charge in [-0.25, -0.2) is 4.39 Å². The molecule has 2 unspecified atom stereocenters. The van der Waals surface area contributed by atoms with Crippen molar-refractivity contribution < 1.29 is 18.7 Å². The van der Waals surface area contributed by atoms with E-state index in [2.05, 4.69) is 0 Å². The maximum atomic E-state index is 13.1. The molecule has 6 heteroatoms. The zero-order valence-corrected chi connectivity index (χ0v) is 16.0. The average Bonchev–Trinajstić information content (AvgIpc) is 3.35. The van der Waals surface area contributed by atoms with Gasteiger partial charge in [-0.2, -0.15) is 0 Å². The topological polar surface area (TPSA) is 49.9 Å². The molecule has 2 heterocycles. The third kappa shape index (κ3) is 5.51. The highest BCUT2D eigenvalue weighted by Crippen LogP contribution is 2.22. The van der Waals surface area contributed by atoms with E-state index in [4.69, 9.17) is 4.74 Å². The van der Waals surface area contributed by atoms with Gasteiger partial charge in [-0.1, -0.05) is 19.1 Å².